The molecule has 0 bridgehead atoms. The van der Waals surface area contributed by atoms with Crippen LogP contribution in [-0.2, 0) is 9.63 Å². The monoisotopic (exact) mass is 193 g/mol. The summed E-state index contributed by atoms with van der Waals surface area (Å²) in [4.78, 5) is 16.1. The van der Waals surface area contributed by atoms with Gasteiger partial charge in [-0.05, 0) is 12.0 Å². The van der Waals surface area contributed by atoms with Crippen molar-refractivity contribution in [3.05, 3.63) is 35.9 Å². The summed E-state index contributed by atoms with van der Waals surface area (Å²) in [6.07, 6.45) is 0.763. The summed E-state index contributed by atoms with van der Waals surface area (Å²) >= 11 is 0. The number of carbonyl (C=O) groups excluding carboxylic acids is 1. The van der Waals surface area contributed by atoms with Gasteiger partial charge in [-0.1, -0.05) is 37.3 Å². The summed E-state index contributed by atoms with van der Waals surface area (Å²) in [6, 6.07) is 9.69. The van der Waals surface area contributed by atoms with E-state index in [0.717, 1.165) is 12.0 Å². The van der Waals surface area contributed by atoms with Crippen LogP contribution in [0.4, 0.5) is 0 Å². The Balaban J connectivity index is 2.77. The molecule has 1 unspecified atom stereocenters. The third-order valence-electron chi connectivity index (χ3n) is 2.13. The second-order valence-electron chi connectivity index (χ2n) is 3.04. The zero-order valence-electron chi connectivity index (χ0n) is 8.49. The topological polar surface area (TPSA) is 38.3 Å². The summed E-state index contributed by atoms with van der Waals surface area (Å²) in [5, 5.41) is 0. The molecule has 0 aromatic heterocycles. The maximum Gasteiger partial charge on any atom is 0.251 e. The fraction of sp³-hybridized carbons (Fsp3) is 0.364. The Morgan fingerprint density at radius 2 is 2.07 bits per heavy atom. The zero-order chi connectivity index (χ0) is 10.4. The van der Waals surface area contributed by atoms with Crippen LogP contribution in [0, 0.1) is 0 Å². The van der Waals surface area contributed by atoms with E-state index < -0.39 is 0 Å². The van der Waals surface area contributed by atoms with Gasteiger partial charge < -0.3 is 0 Å². The largest absolute Gasteiger partial charge is 0.277 e. The molecule has 76 valence electrons. The van der Waals surface area contributed by atoms with Gasteiger partial charge in [0.25, 0.3) is 5.91 Å². The van der Waals surface area contributed by atoms with Crippen molar-refractivity contribution in [2.75, 3.05) is 7.11 Å². The SMILES string of the molecule is CCC(C(=O)NOC)c1ccccc1. The molecule has 1 amide bonds. The van der Waals surface area contributed by atoms with Gasteiger partial charge in [0.2, 0.25) is 0 Å². The van der Waals surface area contributed by atoms with E-state index in [0.29, 0.717) is 0 Å². The molecule has 1 aromatic carbocycles. The van der Waals surface area contributed by atoms with Crippen LogP contribution in [0.15, 0.2) is 30.3 Å². The van der Waals surface area contributed by atoms with Gasteiger partial charge in [-0.25, -0.2) is 5.48 Å². The molecule has 0 aliphatic heterocycles. The van der Waals surface area contributed by atoms with E-state index in [2.05, 4.69) is 10.3 Å². The summed E-state index contributed by atoms with van der Waals surface area (Å²) in [5.41, 5.74) is 3.37. The predicted molar refractivity (Wildman–Crippen MR) is 54.6 cm³/mol. The Morgan fingerprint density at radius 3 is 2.57 bits per heavy atom. The number of hydrogen-bond acceptors (Lipinski definition) is 2. The molecule has 0 spiro atoms. The highest BCUT2D eigenvalue weighted by molar-refractivity contribution is 5.82. The van der Waals surface area contributed by atoms with Crippen molar-refractivity contribution in [1.29, 1.82) is 0 Å². The number of amides is 1. The number of rotatable bonds is 4. The van der Waals surface area contributed by atoms with Crippen LogP contribution in [0.3, 0.4) is 0 Å². The number of benzene rings is 1. The minimum Gasteiger partial charge on any atom is -0.277 e. The molecule has 3 nitrogen and oxygen atoms in total. The standard InChI is InChI=1S/C11H15NO2/c1-3-10(11(13)12-14-2)9-7-5-4-6-8-9/h4-8,10H,3H2,1-2H3,(H,12,13). The summed E-state index contributed by atoms with van der Waals surface area (Å²) < 4.78 is 0. The lowest BCUT2D eigenvalue weighted by Gasteiger charge is -2.13. The van der Waals surface area contributed by atoms with E-state index in [-0.39, 0.29) is 11.8 Å². The Bertz CT molecular complexity index is 285. The van der Waals surface area contributed by atoms with E-state index in [4.69, 9.17) is 0 Å². The molecule has 0 fully saturated rings. The first-order chi connectivity index (χ1) is 6.79. The third-order valence-corrected chi connectivity index (χ3v) is 2.13. The minimum atomic E-state index is -0.129. The molecule has 0 saturated carbocycles. The fourth-order valence-corrected chi connectivity index (χ4v) is 1.43. The Morgan fingerprint density at radius 1 is 1.43 bits per heavy atom. The summed E-state index contributed by atoms with van der Waals surface area (Å²) in [5.74, 6) is -0.225. The number of hydroxylamine groups is 1. The molecule has 14 heavy (non-hydrogen) atoms. The van der Waals surface area contributed by atoms with Crippen LogP contribution in [0.25, 0.3) is 0 Å². The highest BCUT2D eigenvalue weighted by Gasteiger charge is 2.17. The Kier molecular flexibility index (Phi) is 4.13. The number of hydrogen-bond donors (Lipinski definition) is 1. The molecule has 0 heterocycles. The molecule has 1 atom stereocenters. The first-order valence-corrected chi connectivity index (χ1v) is 4.67. The van der Waals surface area contributed by atoms with Crippen molar-refractivity contribution in [1.82, 2.24) is 5.48 Å². The normalized spacial score (nSPS) is 12.1. The predicted octanol–water partition coefficient (Wildman–Crippen LogP) is 1.86. The van der Waals surface area contributed by atoms with Gasteiger partial charge in [0.15, 0.2) is 0 Å². The van der Waals surface area contributed by atoms with E-state index in [9.17, 15) is 4.79 Å². The highest BCUT2D eigenvalue weighted by Crippen LogP contribution is 2.18. The third kappa shape index (κ3) is 2.57. The summed E-state index contributed by atoms with van der Waals surface area (Å²) in [6.45, 7) is 1.98. The lowest BCUT2D eigenvalue weighted by Crippen LogP contribution is -2.28. The van der Waals surface area contributed by atoms with Crippen molar-refractivity contribution in [3.63, 3.8) is 0 Å². The molecule has 1 aromatic rings. The van der Waals surface area contributed by atoms with E-state index in [1.54, 1.807) is 0 Å². The second-order valence-corrected chi connectivity index (χ2v) is 3.04. The molecule has 1 rings (SSSR count). The smallest absolute Gasteiger partial charge is 0.251 e. The molecule has 0 aliphatic carbocycles. The molecular formula is C11H15NO2. The van der Waals surface area contributed by atoms with Crippen LogP contribution < -0.4 is 5.48 Å². The highest BCUT2D eigenvalue weighted by atomic mass is 16.6. The first kappa shape index (κ1) is 10.7. The minimum absolute atomic E-state index is 0.0961. The van der Waals surface area contributed by atoms with Gasteiger partial charge in [0, 0.05) is 0 Å². The van der Waals surface area contributed by atoms with Gasteiger partial charge in [-0.3, -0.25) is 9.63 Å². The number of carbonyl (C=O) groups is 1. The van der Waals surface area contributed by atoms with Crippen molar-refractivity contribution in [2.24, 2.45) is 0 Å². The van der Waals surface area contributed by atoms with Crippen LogP contribution in [0.2, 0.25) is 0 Å². The van der Waals surface area contributed by atoms with Crippen LogP contribution in [-0.4, -0.2) is 13.0 Å². The Labute approximate surface area is 84.0 Å². The lowest BCUT2D eigenvalue weighted by molar-refractivity contribution is -0.133. The Hall–Kier alpha value is -1.35. The molecule has 0 saturated heterocycles. The number of nitrogens with one attached hydrogen (secondary N) is 1. The van der Waals surface area contributed by atoms with E-state index in [1.807, 2.05) is 37.3 Å². The van der Waals surface area contributed by atoms with Crippen molar-refractivity contribution in [2.45, 2.75) is 19.3 Å². The lowest BCUT2D eigenvalue weighted by atomic mass is 9.96. The fourth-order valence-electron chi connectivity index (χ4n) is 1.43. The van der Waals surface area contributed by atoms with Gasteiger partial charge in [-0.2, -0.15) is 0 Å². The van der Waals surface area contributed by atoms with Gasteiger partial charge in [0.1, 0.15) is 0 Å². The van der Waals surface area contributed by atoms with E-state index in [1.165, 1.54) is 7.11 Å². The van der Waals surface area contributed by atoms with Crippen molar-refractivity contribution in [3.8, 4) is 0 Å². The van der Waals surface area contributed by atoms with Crippen molar-refractivity contribution >= 4 is 5.91 Å². The van der Waals surface area contributed by atoms with Crippen LogP contribution in [0.1, 0.15) is 24.8 Å². The average Bonchev–Trinajstić information content (AvgIpc) is 2.21. The summed E-state index contributed by atoms with van der Waals surface area (Å²) in [7, 11) is 1.44. The van der Waals surface area contributed by atoms with Crippen LogP contribution in [0.5, 0.6) is 0 Å². The van der Waals surface area contributed by atoms with Gasteiger partial charge >= 0.3 is 0 Å². The molecular weight excluding hydrogens is 178 g/mol. The first-order valence-electron chi connectivity index (χ1n) is 4.67. The van der Waals surface area contributed by atoms with Crippen molar-refractivity contribution < 1.29 is 9.63 Å². The van der Waals surface area contributed by atoms with Gasteiger partial charge in [-0.15, -0.1) is 0 Å². The van der Waals surface area contributed by atoms with Gasteiger partial charge in [0.05, 0.1) is 13.0 Å². The zero-order valence-corrected chi connectivity index (χ0v) is 8.49. The van der Waals surface area contributed by atoms with E-state index >= 15 is 0 Å². The van der Waals surface area contributed by atoms with Crippen LogP contribution >= 0.6 is 0 Å². The maximum absolute atomic E-state index is 11.5. The average molecular weight is 193 g/mol. The second kappa shape index (κ2) is 5.40. The molecule has 0 aliphatic rings. The quantitative estimate of drug-likeness (QED) is 0.741. The maximum atomic E-state index is 11.5. The molecule has 0 radical (unpaired) electrons. The molecule has 3 heteroatoms. The molecule has 1 N–H and O–H groups in total.